The Balaban J connectivity index is 1.80. The van der Waals surface area contributed by atoms with Crippen LogP contribution >= 0.6 is 0 Å². The van der Waals surface area contributed by atoms with Gasteiger partial charge >= 0.3 is 0 Å². The first-order chi connectivity index (χ1) is 9.65. The van der Waals surface area contributed by atoms with Gasteiger partial charge in [-0.2, -0.15) is 0 Å². The van der Waals surface area contributed by atoms with Gasteiger partial charge in [-0.1, -0.05) is 0 Å². The van der Waals surface area contributed by atoms with Crippen LogP contribution in [0.15, 0.2) is 39.9 Å². The zero-order valence-corrected chi connectivity index (χ0v) is 11.3. The number of aromatic nitrogens is 1. The lowest BCUT2D eigenvalue weighted by atomic mass is 9.93. The van der Waals surface area contributed by atoms with Crippen molar-refractivity contribution in [3.8, 4) is 0 Å². The second kappa shape index (κ2) is 5.00. The summed E-state index contributed by atoms with van der Waals surface area (Å²) >= 11 is 0. The summed E-state index contributed by atoms with van der Waals surface area (Å²) in [4.78, 5) is 23.8. The molecule has 1 aliphatic rings. The first kappa shape index (κ1) is 12.7. The quantitative estimate of drug-likeness (QED) is 0.906. The van der Waals surface area contributed by atoms with Crippen molar-refractivity contribution in [2.75, 3.05) is 0 Å². The third-order valence-corrected chi connectivity index (χ3v) is 3.72. The molecule has 0 aliphatic heterocycles. The maximum absolute atomic E-state index is 12.2. The number of fused-ring (bicyclic) bond motifs is 1. The van der Waals surface area contributed by atoms with Crippen LogP contribution in [0, 0.1) is 0 Å². The van der Waals surface area contributed by atoms with E-state index in [2.05, 4.69) is 5.32 Å². The third kappa shape index (κ3) is 2.27. The predicted molar refractivity (Wildman–Crippen MR) is 73.5 cm³/mol. The molecule has 0 bridgehead atoms. The van der Waals surface area contributed by atoms with Crippen molar-refractivity contribution in [2.45, 2.75) is 25.3 Å². The van der Waals surface area contributed by atoms with E-state index < -0.39 is 0 Å². The highest BCUT2D eigenvalue weighted by atomic mass is 16.3. The van der Waals surface area contributed by atoms with Crippen LogP contribution in [-0.4, -0.2) is 10.5 Å². The predicted octanol–water partition coefficient (Wildman–Crippen LogP) is 1.79. The standard InChI is InChI=1S/C15H16N2O3/c1-17-7-5-10(9-14(17)18)15(19)16-12-3-2-4-13-11(12)6-8-20-13/h5-9,12H,2-4H2,1H3,(H,16,19). The minimum atomic E-state index is -0.221. The average Bonchev–Trinajstić information content (AvgIpc) is 2.91. The molecule has 104 valence electrons. The molecule has 5 heteroatoms. The number of furan rings is 1. The first-order valence-corrected chi connectivity index (χ1v) is 6.69. The minimum Gasteiger partial charge on any atom is -0.469 e. The van der Waals surface area contributed by atoms with Gasteiger partial charge in [0.2, 0.25) is 0 Å². The Morgan fingerprint density at radius 2 is 2.30 bits per heavy atom. The van der Waals surface area contributed by atoms with E-state index in [1.165, 1.54) is 10.6 Å². The molecule has 2 aromatic heterocycles. The lowest BCUT2D eigenvalue weighted by Crippen LogP contribution is -2.31. The highest BCUT2D eigenvalue weighted by molar-refractivity contribution is 5.94. The molecule has 1 amide bonds. The first-order valence-electron chi connectivity index (χ1n) is 6.69. The van der Waals surface area contributed by atoms with Crippen molar-refractivity contribution in [2.24, 2.45) is 7.05 Å². The van der Waals surface area contributed by atoms with Crippen molar-refractivity contribution >= 4 is 5.91 Å². The van der Waals surface area contributed by atoms with Crippen LogP contribution in [0.2, 0.25) is 0 Å². The molecule has 0 radical (unpaired) electrons. The molecule has 2 aromatic rings. The maximum Gasteiger partial charge on any atom is 0.252 e. The maximum atomic E-state index is 12.2. The van der Waals surface area contributed by atoms with E-state index in [1.807, 2.05) is 6.07 Å². The van der Waals surface area contributed by atoms with Crippen molar-refractivity contribution in [3.63, 3.8) is 0 Å². The Bertz CT molecular complexity index is 699. The molecular weight excluding hydrogens is 256 g/mol. The number of pyridine rings is 1. The molecule has 5 nitrogen and oxygen atoms in total. The summed E-state index contributed by atoms with van der Waals surface area (Å²) in [6.45, 7) is 0. The summed E-state index contributed by atoms with van der Waals surface area (Å²) in [5, 5.41) is 2.98. The molecule has 3 rings (SSSR count). The lowest BCUT2D eigenvalue weighted by molar-refractivity contribution is 0.0932. The molecule has 1 atom stereocenters. The largest absolute Gasteiger partial charge is 0.469 e. The zero-order chi connectivity index (χ0) is 14.1. The number of nitrogens with one attached hydrogen (secondary N) is 1. The van der Waals surface area contributed by atoms with Crippen LogP contribution in [-0.2, 0) is 13.5 Å². The van der Waals surface area contributed by atoms with Crippen LogP contribution in [0.25, 0.3) is 0 Å². The zero-order valence-electron chi connectivity index (χ0n) is 11.3. The van der Waals surface area contributed by atoms with Gasteiger partial charge in [0.1, 0.15) is 5.76 Å². The van der Waals surface area contributed by atoms with Gasteiger partial charge < -0.3 is 14.3 Å². The van der Waals surface area contributed by atoms with Crippen LogP contribution < -0.4 is 10.9 Å². The van der Waals surface area contributed by atoms with E-state index in [-0.39, 0.29) is 17.5 Å². The van der Waals surface area contributed by atoms with Gasteiger partial charge in [0, 0.05) is 36.9 Å². The van der Waals surface area contributed by atoms with Crippen molar-refractivity contribution in [1.82, 2.24) is 9.88 Å². The summed E-state index contributed by atoms with van der Waals surface area (Å²) in [5.74, 6) is 0.729. The van der Waals surface area contributed by atoms with Crippen molar-refractivity contribution in [1.29, 1.82) is 0 Å². The minimum absolute atomic E-state index is 0.0333. The van der Waals surface area contributed by atoms with Crippen LogP contribution in [0.1, 0.15) is 40.6 Å². The Labute approximate surface area is 116 Å². The highest BCUT2D eigenvalue weighted by Gasteiger charge is 2.24. The lowest BCUT2D eigenvalue weighted by Gasteiger charge is -2.22. The van der Waals surface area contributed by atoms with Gasteiger partial charge in [-0.05, 0) is 25.0 Å². The molecule has 1 N–H and O–H groups in total. The Morgan fingerprint density at radius 3 is 3.10 bits per heavy atom. The summed E-state index contributed by atoms with van der Waals surface area (Å²) in [5.41, 5.74) is 1.25. The SMILES string of the molecule is Cn1ccc(C(=O)NC2CCCc3occc32)cc1=O. The van der Waals surface area contributed by atoms with Crippen LogP contribution in [0.5, 0.6) is 0 Å². The van der Waals surface area contributed by atoms with Gasteiger partial charge in [-0.25, -0.2) is 0 Å². The number of rotatable bonds is 2. The van der Waals surface area contributed by atoms with E-state index in [9.17, 15) is 9.59 Å². The molecule has 2 heterocycles. The molecule has 0 saturated carbocycles. The van der Waals surface area contributed by atoms with E-state index in [0.717, 1.165) is 30.6 Å². The molecular formula is C15H16N2O3. The number of nitrogens with zero attached hydrogens (tertiary/aromatic N) is 1. The summed E-state index contributed by atoms with van der Waals surface area (Å²) in [7, 11) is 1.66. The molecule has 0 spiro atoms. The van der Waals surface area contributed by atoms with Gasteiger partial charge in [0.25, 0.3) is 11.5 Å². The van der Waals surface area contributed by atoms with Crippen LogP contribution in [0.3, 0.4) is 0 Å². The van der Waals surface area contributed by atoms with Crippen molar-refractivity contribution < 1.29 is 9.21 Å². The number of aryl methyl sites for hydroxylation is 2. The van der Waals surface area contributed by atoms with E-state index >= 15 is 0 Å². The molecule has 0 saturated heterocycles. The van der Waals surface area contributed by atoms with Gasteiger partial charge in [-0.3, -0.25) is 9.59 Å². The van der Waals surface area contributed by atoms with E-state index in [0.29, 0.717) is 5.56 Å². The van der Waals surface area contributed by atoms with Gasteiger partial charge in [0.15, 0.2) is 0 Å². The Morgan fingerprint density at radius 1 is 1.45 bits per heavy atom. The monoisotopic (exact) mass is 272 g/mol. The van der Waals surface area contributed by atoms with Gasteiger partial charge in [-0.15, -0.1) is 0 Å². The third-order valence-electron chi connectivity index (χ3n) is 3.72. The van der Waals surface area contributed by atoms with Crippen molar-refractivity contribution in [3.05, 3.63) is 57.9 Å². The average molecular weight is 272 g/mol. The van der Waals surface area contributed by atoms with E-state index in [4.69, 9.17) is 4.42 Å². The van der Waals surface area contributed by atoms with Gasteiger partial charge in [0.05, 0.1) is 12.3 Å². The summed E-state index contributed by atoms with van der Waals surface area (Å²) in [6, 6.07) is 4.88. The fraction of sp³-hybridized carbons (Fsp3) is 0.333. The number of hydrogen-bond acceptors (Lipinski definition) is 3. The highest BCUT2D eigenvalue weighted by Crippen LogP contribution is 2.30. The fourth-order valence-corrected chi connectivity index (χ4v) is 2.57. The smallest absolute Gasteiger partial charge is 0.252 e. The van der Waals surface area contributed by atoms with Crippen LogP contribution in [0.4, 0.5) is 0 Å². The molecule has 1 aliphatic carbocycles. The molecule has 0 aromatic carbocycles. The number of carbonyl (C=O) groups is 1. The number of carbonyl (C=O) groups excluding carboxylic acids is 1. The van der Waals surface area contributed by atoms with E-state index in [1.54, 1.807) is 25.6 Å². The summed E-state index contributed by atoms with van der Waals surface area (Å²) in [6.07, 6.45) is 6.06. The topological polar surface area (TPSA) is 64.2 Å². The molecule has 1 unspecified atom stereocenters. The second-order valence-corrected chi connectivity index (χ2v) is 5.08. The fourth-order valence-electron chi connectivity index (χ4n) is 2.57. The summed E-state index contributed by atoms with van der Waals surface area (Å²) < 4.78 is 6.84. The Kier molecular flexibility index (Phi) is 3.18. The second-order valence-electron chi connectivity index (χ2n) is 5.08. The Hall–Kier alpha value is -2.30. The molecule has 20 heavy (non-hydrogen) atoms. The number of hydrogen-bond donors (Lipinski definition) is 1. The normalized spacial score (nSPS) is 17.6. The molecule has 0 fully saturated rings. The number of amides is 1.